The molecule has 5 nitrogen and oxygen atoms in total. The van der Waals surface area contributed by atoms with Crippen molar-refractivity contribution in [3.05, 3.63) is 53.3 Å². The first kappa shape index (κ1) is 13.9. The molecule has 0 aliphatic rings. The van der Waals surface area contributed by atoms with Crippen LogP contribution in [0.1, 0.15) is 21.6 Å². The summed E-state index contributed by atoms with van der Waals surface area (Å²) in [5.74, 6) is -0.127. The number of hydrogen-bond acceptors (Lipinski definition) is 5. The van der Waals surface area contributed by atoms with Crippen LogP contribution in [0.15, 0.2) is 36.5 Å². The van der Waals surface area contributed by atoms with Crippen molar-refractivity contribution in [3.8, 4) is 5.75 Å². The van der Waals surface area contributed by atoms with Crippen LogP contribution in [0.25, 0.3) is 0 Å². The molecule has 0 radical (unpaired) electrons. The number of carbonyl (C=O) groups excluding carboxylic acids is 1. The highest BCUT2D eigenvalue weighted by atomic mass is 16.5. The van der Waals surface area contributed by atoms with E-state index in [1.165, 1.54) is 7.11 Å². The molecular formula is C15H16N2O3. The highest BCUT2D eigenvalue weighted by molar-refractivity contribution is 5.98. The van der Waals surface area contributed by atoms with Gasteiger partial charge in [-0.2, -0.15) is 0 Å². The van der Waals surface area contributed by atoms with Gasteiger partial charge in [-0.25, -0.2) is 4.79 Å². The predicted octanol–water partition coefficient (Wildman–Crippen LogP) is 2.34. The Balaban J connectivity index is 2.15. The van der Waals surface area contributed by atoms with E-state index in [9.17, 15) is 4.79 Å². The number of rotatable bonds is 4. The van der Waals surface area contributed by atoms with Gasteiger partial charge < -0.3 is 15.2 Å². The van der Waals surface area contributed by atoms with Crippen molar-refractivity contribution in [1.82, 2.24) is 4.98 Å². The van der Waals surface area contributed by atoms with Crippen molar-refractivity contribution in [2.75, 3.05) is 12.8 Å². The SMILES string of the molecule is COc1cccc(N)c1C(=O)OCc1ncccc1C. The molecule has 1 heterocycles. The molecule has 2 rings (SSSR count). The lowest BCUT2D eigenvalue weighted by Gasteiger charge is -2.11. The molecule has 104 valence electrons. The molecule has 0 saturated carbocycles. The highest BCUT2D eigenvalue weighted by Crippen LogP contribution is 2.25. The predicted molar refractivity (Wildman–Crippen MR) is 75.5 cm³/mol. The minimum Gasteiger partial charge on any atom is -0.496 e. The molecule has 5 heteroatoms. The average Bonchev–Trinajstić information content (AvgIpc) is 2.45. The molecule has 2 N–H and O–H groups in total. The highest BCUT2D eigenvalue weighted by Gasteiger charge is 2.17. The molecule has 2 aromatic rings. The number of pyridine rings is 1. The zero-order valence-electron chi connectivity index (χ0n) is 11.4. The van der Waals surface area contributed by atoms with Gasteiger partial charge in [0.15, 0.2) is 0 Å². The summed E-state index contributed by atoms with van der Waals surface area (Å²) >= 11 is 0. The Morgan fingerprint density at radius 3 is 2.80 bits per heavy atom. The lowest BCUT2D eigenvalue weighted by Crippen LogP contribution is -2.11. The van der Waals surface area contributed by atoms with E-state index in [4.69, 9.17) is 15.2 Å². The summed E-state index contributed by atoms with van der Waals surface area (Å²) in [5.41, 5.74) is 8.05. The van der Waals surface area contributed by atoms with Crippen molar-refractivity contribution in [2.45, 2.75) is 13.5 Å². The number of nitrogens with zero attached hydrogens (tertiary/aromatic N) is 1. The monoisotopic (exact) mass is 272 g/mol. The van der Waals surface area contributed by atoms with Crippen LogP contribution < -0.4 is 10.5 Å². The standard InChI is InChI=1S/C15H16N2O3/c1-10-5-4-8-17-12(10)9-20-15(18)14-11(16)6-3-7-13(14)19-2/h3-8H,9,16H2,1-2H3. The van der Waals surface area contributed by atoms with Crippen molar-refractivity contribution < 1.29 is 14.3 Å². The first-order valence-electron chi connectivity index (χ1n) is 6.13. The number of benzene rings is 1. The van der Waals surface area contributed by atoms with Crippen molar-refractivity contribution in [3.63, 3.8) is 0 Å². The first-order chi connectivity index (χ1) is 9.63. The second-order valence-electron chi connectivity index (χ2n) is 4.27. The van der Waals surface area contributed by atoms with Gasteiger partial charge in [-0.1, -0.05) is 12.1 Å². The second-order valence-corrected chi connectivity index (χ2v) is 4.27. The molecular weight excluding hydrogens is 256 g/mol. The van der Waals surface area contributed by atoms with E-state index >= 15 is 0 Å². The Morgan fingerprint density at radius 1 is 1.30 bits per heavy atom. The Bertz CT molecular complexity index is 626. The van der Waals surface area contributed by atoms with E-state index < -0.39 is 5.97 Å². The van der Waals surface area contributed by atoms with Crippen LogP contribution in [0.5, 0.6) is 5.75 Å². The molecule has 0 saturated heterocycles. The number of anilines is 1. The maximum atomic E-state index is 12.1. The van der Waals surface area contributed by atoms with Crippen LogP contribution in [-0.2, 0) is 11.3 Å². The fourth-order valence-corrected chi connectivity index (χ4v) is 1.81. The zero-order valence-corrected chi connectivity index (χ0v) is 11.4. The third kappa shape index (κ3) is 2.88. The zero-order chi connectivity index (χ0) is 14.5. The van der Waals surface area contributed by atoms with E-state index in [0.717, 1.165) is 5.56 Å². The van der Waals surface area contributed by atoms with Crippen LogP contribution in [-0.4, -0.2) is 18.1 Å². The van der Waals surface area contributed by atoms with Gasteiger partial charge in [-0.3, -0.25) is 4.98 Å². The molecule has 0 bridgehead atoms. The Hall–Kier alpha value is -2.56. The third-order valence-electron chi connectivity index (χ3n) is 2.94. The summed E-state index contributed by atoms with van der Waals surface area (Å²) in [6.07, 6.45) is 1.66. The van der Waals surface area contributed by atoms with Gasteiger partial charge in [0, 0.05) is 11.9 Å². The minimum absolute atomic E-state index is 0.100. The van der Waals surface area contributed by atoms with E-state index in [0.29, 0.717) is 17.1 Å². The summed E-state index contributed by atoms with van der Waals surface area (Å²) in [4.78, 5) is 16.3. The van der Waals surface area contributed by atoms with Gasteiger partial charge in [0.25, 0.3) is 0 Å². The Labute approximate surface area is 117 Å². The van der Waals surface area contributed by atoms with Gasteiger partial charge in [0.05, 0.1) is 12.8 Å². The van der Waals surface area contributed by atoms with Crippen LogP contribution in [0.3, 0.4) is 0 Å². The van der Waals surface area contributed by atoms with Gasteiger partial charge in [-0.05, 0) is 30.7 Å². The molecule has 0 aliphatic carbocycles. The summed E-state index contributed by atoms with van der Waals surface area (Å²) in [6, 6.07) is 8.75. The number of nitrogen functional groups attached to an aromatic ring is 1. The lowest BCUT2D eigenvalue weighted by molar-refractivity contribution is 0.0465. The van der Waals surface area contributed by atoms with E-state index in [1.54, 1.807) is 24.4 Å². The Kier molecular flexibility index (Phi) is 4.20. The molecule has 20 heavy (non-hydrogen) atoms. The molecule has 0 spiro atoms. The number of hydrogen-bond donors (Lipinski definition) is 1. The van der Waals surface area contributed by atoms with Crippen molar-refractivity contribution >= 4 is 11.7 Å². The van der Waals surface area contributed by atoms with E-state index in [2.05, 4.69) is 4.98 Å². The van der Waals surface area contributed by atoms with Gasteiger partial charge in [0.2, 0.25) is 0 Å². The topological polar surface area (TPSA) is 74.4 Å². The largest absolute Gasteiger partial charge is 0.496 e. The van der Waals surface area contributed by atoms with E-state index in [1.807, 2.05) is 19.1 Å². The van der Waals surface area contributed by atoms with Gasteiger partial charge >= 0.3 is 5.97 Å². The van der Waals surface area contributed by atoms with Crippen LogP contribution in [0.4, 0.5) is 5.69 Å². The molecule has 1 aromatic carbocycles. The molecule has 0 aliphatic heterocycles. The number of ether oxygens (including phenoxy) is 2. The summed E-state index contributed by atoms with van der Waals surface area (Å²) in [5, 5.41) is 0. The Morgan fingerprint density at radius 2 is 2.10 bits per heavy atom. The maximum Gasteiger partial charge on any atom is 0.344 e. The van der Waals surface area contributed by atoms with Crippen LogP contribution in [0.2, 0.25) is 0 Å². The number of esters is 1. The second kappa shape index (κ2) is 6.06. The molecule has 1 aromatic heterocycles. The van der Waals surface area contributed by atoms with Crippen molar-refractivity contribution in [1.29, 1.82) is 0 Å². The number of methoxy groups -OCH3 is 1. The number of aryl methyl sites for hydroxylation is 1. The normalized spacial score (nSPS) is 10.1. The fraction of sp³-hybridized carbons (Fsp3) is 0.200. The van der Waals surface area contributed by atoms with Crippen molar-refractivity contribution in [2.24, 2.45) is 0 Å². The maximum absolute atomic E-state index is 12.1. The van der Waals surface area contributed by atoms with Gasteiger partial charge in [-0.15, -0.1) is 0 Å². The summed E-state index contributed by atoms with van der Waals surface area (Å²) in [7, 11) is 1.48. The van der Waals surface area contributed by atoms with Crippen LogP contribution in [0, 0.1) is 6.92 Å². The summed E-state index contributed by atoms with van der Waals surface area (Å²) < 4.78 is 10.4. The number of carbonyl (C=O) groups is 1. The molecule has 0 fully saturated rings. The van der Waals surface area contributed by atoms with Gasteiger partial charge in [0.1, 0.15) is 17.9 Å². The first-order valence-corrected chi connectivity index (χ1v) is 6.13. The lowest BCUT2D eigenvalue weighted by atomic mass is 10.1. The quantitative estimate of drug-likeness (QED) is 0.683. The number of aromatic nitrogens is 1. The number of nitrogens with two attached hydrogens (primary N) is 1. The van der Waals surface area contributed by atoms with Crippen LogP contribution >= 0.6 is 0 Å². The smallest absolute Gasteiger partial charge is 0.344 e. The summed E-state index contributed by atoms with van der Waals surface area (Å²) in [6.45, 7) is 2.01. The minimum atomic E-state index is -0.523. The molecule has 0 atom stereocenters. The third-order valence-corrected chi connectivity index (χ3v) is 2.94. The average molecular weight is 272 g/mol. The molecule has 0 amide bonds. The fourth-order valence-electron chi connectivity index (χ4n) is 1.81. The van der Waals surface area contributed by atoms with E-state index in [-0.39, 0.29) is 12.2 Å². The molecule has 0 unspecified atom stereocenters.